The first-order chi connectivity index (χ1) is 9.53. The molecule has 1 aromatic rings. The first-order valence-electron chi connectivity index (χ1n) is 6.53. The van der Waals surface area contributed by atoms with E-state index in [2.05, 4.69) is 10.0 Å². The highest BCUT2D eigenvalue weighted by atomic mass is 32.2. The van der Waals surface area contributed by atoms with E-state index in [1.165, 1.54) is 24.3 Å². The number of benzene rings is 1. The normalized spacial score (nSPS) is 18.9. The predicted molar refractivity (Wildman–Crippen MR) is 74.0 cm³/mol. The molecular weight excluding hydrogens is 280 g/mol. The Morgan fingerprint density at radius 3 is 2.65 bits per heavy atom. The largest absolute Gasteiger partial charge is 0.462 e. The minimum Gasteiger partial charge on any atom is -0.462 e. The lowest BCUT2D eigenvalue weighted by molar-refractivity contribution is 0.0526. The van der Waals surface area contributed by atoms with E-state index in [1.807, 2.05) is 0 Å². The molecule has 2 rings (SSSR count). The van der Waals surface area contributed by atoms with Crippen molar-refractivity contribution in [2.24, 2.45) is 0 Å². The SMILES string of the molecule is CCOC(=O)c1ccc(S(=O)(=O)N[C@H]2CCNC2)cc1. The first-order valence-corrected chi connectivity index (χ1v) is 8.01. The molecular formula is C13H18N2O4S. The molecule has 1 fully saturated rings. The molecule has 1 aliphatic rings. The summed E-state index contributed by atoms with van der Waals surface area (Å²) in [5, 5.41) is 3.10. The zero-order chi connectivity index (χ0) is 14.6. The Balaban J connectivity index is 2.10. The standard InChI is InChI=1S/C13H18N2O4S/c1-2-19-13(16)10-3-5-12(6-4-10)20(17,18)15-11-7-8-14-9-11/h3-6,11,14-15H,2,7-9H2,1H3/t11-/m0/s1. The zero-order valence-corrected chi connectivity index (χ0v) is 12.1. The van der Waals surface area contributed by atoms with Gasteiger partial charge in [-0.3, -0.25) is 0 Å². The fourth-order valence-electron chi connectivity index (χ4n) is 2.03. The van der Waals surface area contributed by atoms with Crippen molar-refractivity contribution in [1.29, 1.82) is 0 Å². The Bertz CT molecular complexity index is 563. The van der Waals surface area contributed by atoms with Crippen LogP contribution < -0.4 is 10.0 Å². The van der Waals surface area contributed by atoms with Crippen LogP contribution in [-0.2, 0) is 14.8 Å². The van der Waals surface area contributed by atoms with E-state index in [1.54, 1.807) is 6.92 Å². The van der Waals surface area contributed by atoms with Gasteiger partial charge in [0, 0.05) is 12.6 Å². The summed E-state index contributed by atoms with van der Waals surface area (Å²) in [5.41, 5.74) is 0.341. The van der Waals surface area contributed by atoms with Crippen molar-refractivity contribution in [3.63, 3.8) is 0 Å². The van der Waals surface area contributed by atoms with Gasteiger partial charge in [-0.15, -0.1) is 0 Å². The Labute approximate surface area is 118 Å². The summed E-state index contributed by atoms with van der Waals surface area (Å²) in [7, 11) is -3.54. The number of hydrogen-bond donors (Lipinski definition) is 2. The van der Waals surface area contributed by atoms with Crippen LogP contribution in [0.25, 0.3) is 0 Å². The fraction of sp³-hybridized carbons (Fsp3) is 0.462. The lowest BCUT2D eigenvalue weighted by Gasteiger charge is -2.12. The van der Waals surface area contributed by atoms with Gasteiger partial charge < -0.3 is 10.1 Å². The van der Waals surface area contributed by atoms with Crippen molar-refractivity contribution in [2.75, 3.05) is 19.7 Å². The van der Waals surface area contributed by atoms with Crippen molar-refractivity contribution < 1.29 is 17.9 Å². The summed E-state index contributed by atoms with van der Waals surface area (Å²) >= 11 is 0. The summed E-state index contributed by atoms with van der Waals surface area (Å²) < 4.78 is 31.8. The number of rotatable bonds is 5. The lowest BCUT2D eigenvalue weighted by atomic mass is 10.2. The molecule has 0 spiro atoms. The molecule has 20 heavy (non-hydrogen) atoms. The molecule has 7 heteroatoms. The summed E-state index contributed by atoms with van der Waals surface area (Å²) in [6.45, 7) is 3.46. The second-order valence-corrected chi connectivity index (χ2v) is 6.27. The number of sulfonamides is 1. The van der Waals surface area contributed by atoms with Gasteiger partial charge in [0.05, 0.1) is 17.1 Å². The van der Waals surface area contributed by atoms with E-state index in [0.29, 0.717) is 12.1 Å². The highest BCUT2D eigenvalue weighted by molar-refractivity contribution is 7.89. The molecule has 110 valence electrons. The highest BCUT2D eigenvalue weighted by Gasteiger charge is 2.22. The number of esters is 1. The molecule has 1 aliphatic heterocycles. The molecule has 1 saturated heterocycles. The van der Waals surface area contributed by atoms with Gasteiger partial charge in [0.25, 0.3) is 0 Å². The van der Waals surface area contributed by atoms with E-state index in [0.717, 1.165) is 13.0 Å². The third-order valence-corrected chi connectivity index (χ3v) is 4.59. The number of carbonyl (C=O) groups is 1. The zero-order valence-electron chi connectivity index (χ0n) is 11.3. The van der Waals surface area contributed by atoms with Crippen molar-refractivity contribution >= 4 is 16.0 Å². The van der Waals surface area contributed by atoms with E-state index < -0.39 is 16.0 Å². The average Bonchev–Trinajstić information content (AvgIpc) is 2.91. The van der Waals surface area contributed by atoms with Crippen LogP contribution in [0.4, 0.5) is 0 Å². The predicted octanol–water partition coefficient (Wildman–Crippen LogP) is 0.504. The minimum atomic E-state index is -3.54. The molecule has 0 aromatic heterocycles. The molecule has 0 aliphatic carbocycles. The van der Waals surface area contributed by atoms with Gasteiger partial charge in [-0.25, -0.2) is 17.9 Å². The van der Waals surface area contributed by atoms with Crippen molar-refractivity contribution in [1.82, 2.24) is 10.0 Å². The van der Waals surface area contributed by atoms with Gasteiger partial charge in [-0.05, 0) is 44.2 Å². The maximum absolute atomic E-state index is 12.1. The van der Waals surface area contributed by atoms with Crippen molar-refractivity contribution in [2.45, 2.75) is 24.3 Å². The van der Waals surface area contributed by atoms with Crippen LogP contribution in [-0.4, -0.2) is 40.1 Å². The van der Waals surface area contributed by atoms with E-state index in [-0.39, 0.29) is 17.5 Å². The van der Waals surface area contributed by atoms with E-state index in [9.17, 15) is 13.2 Å². The van der Waals surface area contributed by atoms with Crippen LogP contribution in [0, 0.1) is 0 Å². The molecule has 2 N–H and O–H groups in total. The number of ether oxygens (including phenoxy) is 1. The van der Waals surface area contributed by atoms with Gasteiger partial charge in [-0.2, -0.15) is 0 Å². The van der Waals surface area contributed by atoms with Gasteiger partial charge in [-0.1, -0.05) is 0 Å². The Hall–Kier alpha value is -1.44. The maximum atomic E-state index is 12.1. The minimum absolute atomic E-state index is 0.0790. The maximum Gasteiger partial charge on any atom is 0.338 e. The number of carbonyl (C=O) groups excluding carboxylic acids is 1. The second kappa shape index (κ2) is 6.34. The summed E-state index contributed by atoms with van der Waals surface area (Å²) in [6, 6.07) is 5.66. The third-order valence-electron chi connectivity index (χ3n) is 3.06. The second-order valence-electron chi connectivity index (χ2n) is 4.56. The van der Waals surface area contributed by atoms with Crippen LogP contribution in [0.5, 0.6) is 0 Å². The summed E-state index contributed by atoms with van der Waals surface area (Å²) in [4.78, 5) is 11.6. The van der Waals surface area contributed by atoms with Crippen LogP contribution in [0.2, 0.25) is 0 Å². The quantitative estimate of drug-likeness (QED) is 0.774. The smallest absolute Gasteiger partial charge is 0.338 e. The van der Waals surface area contributed by atoms with Crippen LogP contribution >= 0.6 is 0 Å². The van der Waals surface area contributed by atoms with Crippen LogP contribution in [0.1, 0.15) is 23.7 Å². The molecule has 1 aromatic carbocycles. The highest BCUT2D eigenvalue weighted by Crippen LogP contribution is 2.13. The first kappa shape index (κ1) is 15.0. The molecule has 0 radical (unpaired) electrons. The van der Waals surface area contributed by atoms with Crippen LogP contribution in [0.3, 0.4) is 0 Å². The third kappa shape index (κ3) is 3.56. The van der Waals surface area contributed by atoms with Gasteiger partial charge >= 0.3 is 5.97 Å². The van der Waals surface area contributed by atoms with Crippen LogP contribution in [0.15, 0.2) is 29.2 Å². The lowest BCUT2D eigenvalue weighted by Crippen LogP contribution is -2.36. The molecule has 0 saturated carbocycles. The number of hydrogen-bond acceptors (Lipinski definition) is 5. The number of nitrogens with one attached hydrogen (secondary N) is 2. The fourth-order valence-corrected chi connectivity index (χ4v) is 3.30. The molecule has 6 nitrogen and oxygen atoms in total. The Morgan fingerprint density at radius 2 is 2.10 bits per heavy atom. The average molecular weight is 298 g/mol. The molecule has 1 atom stereocenters. The molecule has 1 heterocycles. The monoisotopic (exact) mass is 298 g/mol. The van der Waals surface area contributed by atoms with Gasteiger partial charge in [0.1, 0.15) is 0 Å². The topological polar surface area (TPSA) is 84.5 Å². The van der Waals surface area contributed by atoms with Gasteiger partial charge in [0.15, 0.2) is 0 Å². The summed E-state index contributed by atoms with van der Waals surface area (Å²) in [6.07, 6.45) is 0.778. The van der Waals surface area contributed by atoms with Crippen molar-refractivity contribution in [3.8, 4) is 0 Å². The van der Waals surface area contributed by atoms with E-state index >= 15 is 0 Å². The Kier molecular flexibility index (Phi) is 4.74. The van der Waals surface area contributed by atoms with E-state index in [4.69, 9.17) is 4.74 Å². The van der Waals surface area contributed by atoms with Gasteiger partial charge in [0.2, 0.25) is 10.0 Å². The Morgan fingerprint density at radius 1 is 1.40 bits per heavy atom. The summed E-state index contributed by atoms with van der Waals surface area (Å²) in [5.74, 6) is -0.454. The molecule has 0 amide bonds. The van der Waals surface area contributed by atoms with Crippen molar-refractivity contribution in [3.05, 3.63) is 29.8 Å². The molecule has 0 unspecified atom stereocenters. The molecule has 0 bridgehead atoms.